The molecule has 0 saturated heterocycles. The van der Waals surface area contributed by atoms with Gasteiger partial charge in [0.25, 0.3) is 0 Å². The van der Waals surface area contributed by atoms with Gasteiger partial charge in [-0.1, -0.05) is 5.57 Å². The van der Waals surface area contributed by atoms with Crippen LogP contribution in [0.25, 0.3) is 0 Å². The highest BCUT2D eigenvalue weighted by Gasteiger charge is 1.98. The molecule has 3 N–H and O–H groups in total. The van der Waals surface area contributed by atoms with E-state index >= 15 is 0 Å². The Labute approximate surface area is 72.2 Å². The van der Waals surface area contributed by atoms with Crippen LogP contribution in [0.5, 0.6) is 0 Å². The van der Waals surface area contributed by atoms with E-state index in [-0.39, 0.29) is 13.2 Å². The van der Waals surface area contributed by atoms with Crippen LogP contribution < -0.4 is 0 Å². The zero-order valence-corrected chi connectivity index (χ0v) is 7.66. The first-order valence-electron chi connectivity index (χ1n) is 3.56. The zero-order valence-electron chi connectivity index (χ0n) is 7.66. The number of hydrogen-bond acceptors (Lipinski definition) is 3. The van der Waals surface area contributed by atoms with E-state index in [1.807, 2.05) is 0 Å². The summed E-state index contributed by atoms with van der Waals surface area (Å²) in [5.41, 5.74) is 1.29. The molecule has 0 heterocycles. The summed E-state index contributed by atoms with van der Waals surface area (Å²) >= 11 is 0. The summed E-state index contributed by atoms with van der Waals surface area (Å²) in [6, 6.07) is 0. The monoisotopic (exact) mass is 176 g/mol. The minimum Gasteiger partial charge on any atom is -0.478 e. The van der Waals surface area contributed by atoms with Crippen molar-refractivity contribution in [3.05, 3.63) is 11.1 Å². The number of carboxylic acids is 1. The van der Waals surface area contributed by atoms with Gasteiger partial charge in [0.05, 0.1) is 13.2 Å². The van der Waals surface area contributed by atoms with Gasteiger partial charge in [-0.2, -0.15) is 0 Å². The maximum absolute atomic E-state index is 10.1. The van der Waals surface area contributed by atoms with Crippen LogP contribution in [0.15, 0.2) is 11.1 Å². The van der Waals surface area contributed by atoms with Gasteiger partial charge in [0.2, 0.25) is 0 Å². The molecule has 0 aromatic rings. The van der Waals surface area contributed by atoms with Crippen molar-refractivity contribution in [1.29, 1.82) is 0 Å². The number of hydrogen-bond donors (Lipinski definition) is 3. The van der Waals surface area contributed by atoms with Crippen molar-refractivity contribution < 1.29 is 20.1 Å². The second-order valence-electron chi connectivity index (χ2n) is 2.38. The van der Waals surface area contributed by atoms with Gasteiger partial charge in [-0.15, -0.1) is 0 Å². The summed E-state index contributed by atoms with van der Waals surface area (Å²) in [5, 5.41) is 23.5. The molecule has 0 radical (unpaired) electrons. The Kier molecular flexibility index (Phi) is 9.40. The molecule has 0 spiro atoms. The summed E-state index contributed by atoms with van der Waals surface area (Å²) in [7, 11) is 0. The van der Waals surface area contributed by atoms with Crippen LogP contribution in [0.3, 0.4) is 0 Å². The standard InChI is InChI=1S/C6H10O2.C2H6O2/c1-4(2)5(3)6(7)8;3-1-2-4/h1-3H3,(H,7,8);3-4H,1-2H2. The molecule has 0 bridgehead atoms. The van der Waals surface area contributed by atoms with Crippen LogP contribution in [-0.2, 0) is 4.79 Å². The first-order chi connectivity index (χ1) is 5.47. The number of aliphatic hydroxyl groups is 2. The predicted molar refractivity (Wildman–Crippen MR) is 45.9 cm³/mol. The molecule has 0 aromatic heterocycles. The van der Waals surface area contributed by atoms with Gasteiger partial charge in [-0.3, -0.25) is 0 Å². The molecule has 0 amide bonds. The summed E-state index contributed by atoms with van der Waals surface area (Å²) < 4.78 is 0. The number of aliphatic carboxylic acids is 1. The maximum atomic E-state index is 10.1. The average Bonchev–Trinajstić information content (AvgIpc) is 2.03. The van der Waals surface area contributed by atoms with Crippen molar-refractivity contribution in [1.82, 2.24) is 0 Å². The average molecular weight is 176 g/mol. The van der Waals surface area contributed by atoms with Crippen LogP contribution in [0.4, 0.5) is 0 Å². The van der Waals surface area contributed by atoms with Crippen molar-refractivity contribution in [2.24, 2.45) is 0 Å². The lowest BCUT2D eigenvalue weighted by Crippen LogP contribution is -1.97. The van der Waals surface area contributed by atoms with Crippen molar-refractivity contribution >= 4 is 5.97 Å². The fraction of sp³-hybridized carbons (Fsp3) is 0.625. The third-order valence-electron chi connectivity index (χ3n) is 1.17. The first kappa shape index (κ1) is 13.7. The van der Waals surface area contributed by atoms with E-state index < -0.39 is 5.97 Å². The number of carboxylic acid groups (broad SMARTS) is 1. The molecule has 0 aliphatic carbocycles. The largest absolute Gasteiger partial charge is 0.478 e. The van der Waals surface area contributed by atoms with Crippen LogP contribution in [0, 0.1) is 0 Å². The SMILES string of the molecule is CC(C)=C(C)C(=O)O.OCCO. The summed E-state index contributed by atoms with van der Waals surface area (Å²) in [6.45, 7) is 4.91. The van der Waals surface area contributed by atoms with E-state index in [0.29, 0.717) is 5.57 Å². The topological polar surface area (TPSA) is 77.8 Å². The van der Waals surface area contributed by atoms with Gasteiger partial charge in [-0.25, -0.2) is 4.79 Å². The molecule has 0 unspecified atom stereocenters. The normalized spacial score (nSPS) is 8.08. The highest BCUT2D eigenvalue weighted by Crippen LogP contribution is 1.99. The molecule has 4 nitrogen and oxygen atoms in total. The third-order valence-corrected chi connectivity index (χ3v) is 1.17. The maximum Gasteiger partial charge on any atom is 0.331 e. The van der Waals surface area contributed by atoms with Crippen LogP contribution in [-0.4, -0.2) is 34.5 Å². The molecule has 72 valence electrons. The van der Waals surface area contributed by atoms with Gasteiger partial charge < -0.3 is 15.3 Å². The first-order valence-corrected chi connectivity index (χ1v) is 3.56. The Balaban J connectivity index is 0. The molecule has 0 aliphatic rings. The second kappa shape index (κ2) is 8.23. The van der Waals surface area contributed by atoms with Gasteiger partial charge in [0, 0.05) is 5.57 Å². The predicted octanol–water partition coefficient (Wildman–Crippen LogP) is 0.398. The van der Waals surface area contributed by atoms with Crippen molar-refractivity contribution in [2.45, 2.75) is 20.8 Å². The van der Waals surface area contributed by atoms with Gasteiger partial charge in [-0.05, 0) is 20.8 Å². The van der Waals surface area contributed by atoms with Crippen LogP contribution >= 0.6 is 0 Å². The molecule has 0 aliphatic heterocycles. The fourth-order valence-electron chi connectivity index (χ4n) is 0.214. The van der Waals surface area contributed by atoms with Crippen molar-refractivity contribution in [2.75, 3.05) is 13.2 Å². The molecule has 0 fully saturated rings. The Morgan fingerprint density at radius 3 is 1.42 bits per heavy atom. The minimum absolute atomic E-state index is 0.125. The fourth-order valence-corrected chi connectivity index (χ4v) is 0.214. The number of aliphatic hydroxyl groups excluding tert-OH is 2. The Hall–Kier alpha value is -0.870. The summed E-state index contributed by atoms with van der Waals surface area (Å²) in [4.78, 5) is 10.1. The number of carbonyl (C=O) groups is 1. The van der Waals surface area contributed by atoms with Gasteiger partial charge in [0.1, 0.15) is 0 Å². The third kappa shape index (κ3) is 9.13. The van der Waals surface area contributed by atoms with E-state index in [1.54, 1.807) is 20.8 Å². The molecular formula is C8H16O4. The summed E-state index contributed by atoms with van der Waals surface area (Å²) in [6.07, 6.45) is 0. The lowest BCUT2D eigenvalue weighted by Gasteiger charge is -1.92. The number of allylic oxidation sites excluding steroid dienone is 1. The van der Waals surface area contributed by atoms with E-state index in [9.17, 15) is 4.79 Å². The lowest BCUT2D eigenvalue weighted by molar-refractivity contribution is -0.132. The quantitative estimate of drug-likeness (QED) is 0.532. The highest BCUT2D eigenvalue weighted by molar-refractivity contribution is 5.86. The van der Waals surface area contributed by atoms with E-state index in [1.165, 1.54) is 0 Å². The van der Waals surface area contributed by atoms with Gasteiger partial charge in [0.15, 0.2) is 0 Å². The van der Waals surface area contributed by atoms with Crippen LogP contribution in [0.1, 0.15) is 20.8 Å². The summed E-state index contributed by atoms with van der Waals surface area (Å²) in [5.74, 6) is -0.829. The van der Waals surface area contributed by atoms with Crippen molar-refractivity contribution in [3.63, 3.8) is 0 Å². The smallest absolute Gasteiger partial charge is 0.331 e. The Morgan fingerprint density at radius 2 is 1.42 bits per heavy atom. The Morgan fingerprint density at radius 1 is 1.08 bits per heavy atom. The molecule has 0 atom stereocenters. The molecular weight excluding hydrogens is 160 g/mol. The molecule has 4 heteroatoms. The number of rotatable bonds is 2. The van der Waals surface area contributed by atoms with Crippen LogP contribution in [0.2, 0.25) is 0 Å². The zero-order chi connectivity index (χ0) is 10.1. The van der Waals surface area contributed by atoms with E-state index in [2.05, 4.69) is 0 Å². The molecule has 12 heavy (non-hydrogen) atoms. The van der Waals surface area contributed by atoms with E-state index in [0.717, 1.165) is 5.57 Å². The molecule has 0 aromatic carbocycles. The highest BCUT2D eigenvalue weighted by atomic mass is 16.4. The van der Waals surface area contributed by atoms with Crippen molar-refractivity contribution in [3.8, 4) is 0 Å². The van der Waals surface area contributed by atoms with Gasteiger partial charge >= 0.3 is 5.97 Å². The molecule has 0 saturated carbocycles. The van der Waals surface area contributed by atoms with E-state index in [4.69, 9.17) is 15.3 Å². The minimum atomic E-state index is -0.829. The lowest BCUT2D eigenvalue weighted by atomic mass is 10.2. The second-order valence-corrected chi connectivity index (χ2v) is 2.38. The Bertz CT molecular complexity index is 154. The molecule has 0 rings (SSSR count).